The molecule has 5 rings (SSSR count). The molecule has 2 aromatic heterocycles. The van der Waals surface area contributed by atoms with E-state index in [-0.39, 0.29) is 5.82 Å². The van der Waals surface area contributed by atoms with Crippen LogP contribution in [-0.4, -0.2) is 48.0 Å². The molecule has 0 unspecified atom stereocenters. The van der Waals surface area contributed by atoms with Crippen LogP contribution in [0.1, 0.15) is 5.56 Å². The maximum Gasteiger partial charge on any atom is 0.166 e. The fraction of sp³-hybridized carbons (Fsp3) is 0.217. The number of hydrogen-bond donors (Lipinski definition) is 2. The lowest BCUT2D eigenvalue weighted by atomic mass is 10.0. The van der Waals surface area contributed by atoms with Gasteiger partial charge in [0.05, 0.1) is 52.1 Å². The van der Waals surface area contributed by atoms with E-state index in [9.17, 15) is 0 Å². The fourth-order valence-corrected chi connectivity index (χ4v) is 4.32. The van der Waals surface area contributed by atoms with E-state index in [1.54, 1.807) is 30.9 Å². The Bertz CT molecular complexity index is 1380. The molecule has 0 amide bonds. The van der Waals surface area contributed by atoms with Crippen LogP contribution in [0.4, 0.5) is 15.9 Å². The zero-order valence-corrected chi connectivity index (χ0v) is 18.6. The van der Waals surface area contributed by atoms with Crippen LogP contribution in [0.15, 0.2) is 47.3 Å². The van der Waals surface area contributed by atoms with Gasteiger partial charge in [-0.15, -0.1) is 11.3 Å². The summed E-state index contributed by atoms with van der Waals surface area (Å²) in [6.45, 7) is 1.81. The van der Waals surface area contributed by atoms with Crippen molar-refractivity contribution >= 4 is 55.7 Å². The van der Waals surface area contributed by atoms with Crippen molar-refractivity contribution in [2.75, 3.05) is 32.2 Å². The Kier molecular flexibility index (Phi) is 5.84. The van der Waals surface area contributed by atoms with Crippen LogP contribution in [0.3, 0.4) is 0 Å². The molecule has 0 bridgehead atoms. The van der Waals surface area contributed by atoms with E-state index in [1.165, 1.54) is 23.9 Å². The lowest BCUT2D eigenvalue weighted by molar-refractivity contribution is -0.0506. The normalized spacial score (nSPS) is 14.8. The summed E-state index contributed by atoms with van der Waals surface area (Å²) in [5.41, 5.74) is 10.5. The van der Waals surface area contributed by atoms with Gasteiger partial charge in [0.25, 0.3) is 0 Å². The first-order valence-corrected chi connectivity index (χ1v) is 11.2. The first-order chi connectivity index (χ1) is 16.2. The number of nitrogens with two attached hydrogens (primary N) is 1. The van der Waals surface area contributed by atoms with Crippen molar-refractivity contribution in [1.82, 2.24) is 15.0 Å². The summed E-state index contributed by atoms with van der Waals surface area (Å²) < 4.78 is 27.0. The minimum atomic E-state index is -0.375. The van der Waals surface area contributed by atoms with Gasteiger partial charge in [-0.25, -0.2) is 19.3 Å². The Morgan fingerprint density at radius 1 is 1.30 bits per heavy atom. The van der Waals surface area contributed by atoms with Gasteiger partial charge in [0.2, 0.25) is 0 Å². The predicted octanol–water partition coefficient (Wildman–Crippen LogP) is 4.15. The smallest absolute Gasteiger partial charge is 0.166 e. The van der Waals surface area contributed by atoms with Gasteiger partial charge >= 0.3 is 0 Å². The molecule has 1 aliphatic heterocycles. The number of fused-ring (bicyclic) bond motifs is 2. The van der Waals surface area contributed by atoms with Crippen LogP contribution in [-0.2, 0) is 4.74 Å². The fourth-order valence-electron chi connectivity index (χ4n) is 3.59. The molecule has 168 valence electrons. The average molecular weight is 465 g/mol. The molecule has 33 heavy (non-hydrogen) atoms. The molecule has 1 saturated heterocycles. The summed E-state index contributed by atoms with van der Waals surface area (Å²) >= 11 is 1.25. The molecular formula is C23H21FN6O2S. The van der Waals surface area contributed by atoms with Gasteiger partial charge in [-0.05, 0) is 29.8 Å². The molecule has 3 heterocycles. The maximum absolute atomic E-state index is 15.1. The Hall–Kier alpha value is -3.63. The van der Waals surface area contributed by atoms with E-state index in [2.05, 4.69) is 25.3 Å². The molecule has 2 aromatic carbocycles. The van der Waals surface area contributed by atoms with E-state index in [0.717, 1.165) is 11.1 Å². The monoisotopic (exact) mass is 464 g/mol. The maximum atomic E-state index is 15.1. The molecule has 1 aliphatic rings. The molecule has 4 aromatic rings. The topological polar surface area (TPSA) is 108 Å². The van der Waals surface area contributed by atoms with Crippen LogP contribution in [0, 0.1) is 11.7 Å². The van der Waals surface area contributed by atoms with Gasteiger partial charge in [-0.1, -0.05) is 0 Å². The van der Waals surface area contributed by atoms with E-state index in [0.29, 0.717) is 64.1 Å². The molecule has 1 fully saturated rings. The van der Waals surface area contributed by atoms with Gasteiger partial charge in [-0.3, -0.25) is 4.99 Å². The molecule has 0 saturated carbocycles. The van der Waals surface area contributed by atoms with Crippen LogP contribution in [0.5, 0.6) is 5.75 Å². The van der Waals surface area contributed by atoms with E-state index in [4.69, 9.17) is 15.2 Å². The second-order valence-electron chi connectivity index (χ2n) is 7.57. The number of thiazole rings is 1. The molecule has 3 N–H and O–H groups in total. The summed E-state index contributed by atoms with van der Waals surface area (Å²) in [7, 11) is 1.68. The first kappa shape index (κ1) is 21.2. The quantitative estimate of drug-likeness (QED) is 0.396. The molecule has 0 radical (unpaired) electrons. The van der Waals surface area contributed by atoms with Crippen LogP contribution in [0.2, 0.25) is 0 Å². The highest BCUT2D eigenvalue weighted by Gasteiger charge is 2.21. The molecule has 10 heteroatoms. The Balaban J connectivity index is 1.61. The third-order valence-corrected chi connectivity index (χ3v) is 6.19. The van der Waals surface area contributed by atoms with Crippen molar-refractivity contribution in [3.63, 3.8) is 0 Å². The largest absolute Gasteiger partial charge is 0.492 e. The van der Waals surface area contributed by atoms with Crippen LogP contribution < -0.4 is 15.8 Å². The zero-order chi connectivity index (χ0) is 22.8. The molecule has 0 aliphatic carbocycles. The SMILES string of the molecule is CN=C/C(=C\N)c1cc(OCC2COC2)c2c(Nc3ccc4ncsc4c3F)ncnc2c1. The third-order valence-electron chi connectivity index (χ3n) is 5.36. The van der Waals surface area contributed by atoms with E-state index in [1.807, 2.05) is 12.1 Å². The second kappa shape index (κ2) is 9.08. The number of halogens is 1. The van der Waals surface area contributed by atoms with Gasteiger partial charge < -0.3 is 20.5 Å². The Morgan fingerprint density at radius 2 is 2.18 bits per heavy atom. The van der Waals surface area contributed by atoms with E-state index >= 15 is 4.39 Å². The first-order valence-electron chi connectivity index (χ1n) is 10.3. The van der Waals surface area contributed by atoms with Crippen molar-refractivity contribution in [2.24, 2.45) is 16.6 Å². The standard InChI is InChI=1S/C23H21FN6O2S/c1-26-7-15(6-25)14-4-18-20(19(5-14)32-10-13-8-31-9-13)23(28-11-27-18)30-16-2-3-17-22(21(16)24)33-12-29-17/h2-7,11-13H,8-10,25H2,1H3,(H,27,28,30)/b15-6+,26-7?. The molecule has 0 atom stereocenters. The summed E-state index contributed by atoms with van der Waals surface area (Å²) in [4.78, 5) is 17.1. The lowest BCUT2D eigenvalue weighted by Gasteiger charge is -2.26. The average Bonchev–Trinajstić information content (AvgIpc) is 3.28. The number of hydrogen-bond acceptors (Lipinski definition) is 9. The Labute approximate surface area is 193 Å². The molecule has 0 spiro atoms. The number of aromatic nitrogens is 3. The van der Waals surface area contributed by atoms with E-state index < -0.39 is 0 Å². The summed E-state index contributed by atoms with van der Waals surface area (Å²) in [6, 6.07) is 7.18. The number of rotatable bonds is 7. The highest BCUT2D eigenvalue weighted by molar-refractivity contribution is 7.16. The zero-order valence-electron chi connectivity index (χ0n) is 17.8. The minimum Gasteiger partial charge on any atom is -0.492 e. The number of nitrogens with zero attached hydrogens (tertiary/aromatic N) is 4. The third kappa shape index (κ3) is 4.10. The van der Waals surface area contributed by atoms with Gasteiger partial charge in [-0.2, -0.15) is 0 Å². The summed E-state index contributed by atoms with van der Waals surface area (Å²) in [5.74, 6) is 0.954. The number of nitrogens with one attached hydrogen (secondary N) is 1. The minimum absolute atomic E-state index is 0.301. The van der Waals surface area contributed by atoms with Gasteiger partial charge in [0.1, 0.15) is 17.9 Å². The Morgan fingerprint density at radius 3 is 2.94 bits per heavy atom. The second-order valence-corrected chi connectivity index (χ2v) is 8.42. The van der Waals surface area contributed by atoms with Crippen LogP contribution >= 0.6 is 11.3 Å². The number of ether oxygens (including phenoxy) is 2. The van der Waals surface area contributed by atoms with Crippen molar-refractivity contribution < 1.29 is 13.9 Å². The predicted molar refractivity (Wildman–Crippen MR) is 129 cm³/mol. The van der Waals surface area contributed by atoms with Crippen molar-refractivity contribution in [2.45, 2.75) is 0 Å². The number of allylic oxidation sites excluding steroid dienone is 1. The van der Waals surface area contributed by atoms with Crippen LogP contribution in [0.25, 0.3) is 26.7 Å². The van der Waals surface area contributed by atoms with Crippen molar-refractivity contribution in [1.29, 1.82) is 0 Å². The highest BCUT2D eigenvalue weighted by atomic mass is 32.1. The van der Waals surface area contributed by atoms with Gasteiger partial charge in [0.15, 0.2) is 5.82 Å². The number of benzene rings is 2. The van der Waals surface area contributed by atoms with Crippen molar-refractivity contribution in [3.05, 3.63) is 53.7 Å². The number of anilines is 2. The van der Waals surface area contributed by atoms with Crippen molar-refractivity contribution in [3.8, 4) is 5.75 Å². The number of aliphatic imine (C=N–C) groups is 1. The highest BCUT2D eigenvalue weighted by Crippen LogP contribution is 2.36. The summed E-state index contributed by atoms with van der Waals surface area (Å²) in [6.07, 6.45) is 4.59. The summed E-state index contributed by atoms with van der Waals surface area (Å²) in [5, 5.41) is 3.77. The lowest BCUT2D eigenvalue weighted by Crippen LogP contribution is -2.32. The molecular weight excluding hydrogens is 443 g/mol. The van der Waals surface area contributed by atoms with Gasteiger partial charge in [0, 0.05) is 31.0 Å². The molecule has 8 nitrogen and oxygen atoms in total.